The van der Waals surface area contributed by atoms with Gasteiger partial charge in [-0.1, -0.05) is 27.7 Å². The molecule has 0 bridgehead atoms. The molecule has 0 atom stereocenters. The molecule has 1 aliphatic heterocycles. The molecule has 0 spiro atoms. The second kappa shape index (κ2) is 5.24. The largest absolute Gasteiger partial charge is 0.341 e. The van der Waals surface area contributed by atoms with Gasteiger partial charge in [0.2, 0.25) is 5.91 Å². The molecule has 0 aromatic carbocycles. The van der Waals surface area contributed by atoms with Crippen molar-refractivity contribution in [3.63, 3.8) is 0 Å². The van der Waals surface area contributed by atoms with E-state index in [1.54, 1.807) is 0 Å². The average Bonchev–Trinajstić information content (AvgIpc) is 2.16. The van der Waals surface area contributed by atoms with E-state index in [-0.39, 0.29) is 5.41 Å². The predicted molar refractivity (Wildman–Crippen MR) is 67.1 cm³/mol. The van der Waals surface area contributed by atoms with Gasteiger partial charge in [-0.2, -0.15) is 11.8 Å². The SMILES string of the molecule is CC(C)CC(C)(C)C(=O)N1CCSCC1. The van der Waals surface area contributed by atoms with Crippen LogP contribution in [0.3, 0.4) is 0 Å². The minimum Gasteiger partial charge on any atom is -0.341 e. The molecular formula is C12H23NOS. The van der Waals surface area contributed by atoms with E-state index in [1.165, 1.54) is 0 Å². The molecule has 1 saturated heterocycles. The molecule has 0 unspecified atom stereocenters. The van der Waals surface area contributed by atoms with Gasteiger partial charge in [0.05, 0.1) is 0 Å². The Bertz CT molecular complexity index is 220. The zero-order chi connectivity index (χ0) is 11.5. The molecule has 88 valence electrons. The van der Waals surface area contributed by atoms with Crippen LogP contribution in [0.5, 0.6) is 0 Å². The van der Waals surface area contributed by atoms with Crippen LogP contribution in [0.1, 0.15) is 34.1 Å². The lowest BCUT2D eigenvalue weighted by Gasteiger charge is -2.35. The Morgan fingerprint density at radius 3 is 2.33 bits per heavy atom. The maximum Gasteiger partial charge on any atom is 0.228 e. The third kappa shape index (κ3) is 3.71. The number of rotatable bonds is 3. The van der Waals surface area contributed by atoms with E-state index in [0.717, 1.165) is 31.0 Å². The fourth-order valence-corrected chi connectivity index (χ4v) is 3.21. The van der Waals surface area contributed by atoms with E-state index in [4.69, 9.17) is 0 Å². The Kier molecular flexibility index (Phi) is 4.50. The number of amides is 1. The summed E-state index contributed by atoms with van der Waals surface area (Å²) in [6.07, 6.45) is 0.982. The van der Waals surface area contributed by atoms with Gasteiger partial charge in [-0.15, -0.1) is 0 Å². The Morgan fingerprint density at radius 2 is 1.87 bits per heavy atom. The minimum atomic E-state index is -0.184. The van der Waals surface area contributed by atoms with Crippen molar-refractivity contribution < 1.29 is 4.79 Å². The summed E-state index contributed by atoms with van der Waals surface area (Å²) in [6, 6.07) is 0. The van der Waals surface area contributed by atoms with Crippen molar-refractivity contribution >= 4 is 17.7 Å². The minimum absolute atomic E-state index is 0.184. The van der Waals surface area contributed by atoms with Crippen LogP contribution in [0, 0.1) is 11.3 Å². The van der Waals surface area contributed by atoms with Crippen molar-refractivity contribution in [3.8, 4) is 0 Å². The molecule has 0 aliphatic carbocycles. The highest BCUT2D eigenvalue weighted by atomic mass is 32.2. The number of thioether (sulfide) groups is 1. The van der Waals surface area contributed by atoms with Crippen molar-refractivity contribution in [1.29, 1.82) is 0 Å². The Morgan fingerprint density at radius 1 is 1.33 bits per heavy atom. The molecule has 0 aromatic rings. The third-order valence-corrected chi connectivity index (χ3v) is 3.74. The van der Waals surface area contributed by atoms with E-state index in [0.29, 0.717) is 11.8 Å². The van der Waals surface area contributed by atoms with E-state index >= 15 is 0 Å². The Labute approximate surface area is 97.8 Å². The van der Waals surface area contributed by atoms with Crippen molar-refractivity contribution in [1.82, 2.24) is 4.90 Å². The average molecular weight is 229 g/mol. The second-order valence-electron chi connectivity index (χ2n) is 5.39. The topological polar surface area (TPSA) is 20.3 Å². The monoisotopic (exact) mass is 229 g/mol. The Balaban J connectivity index is 2.56. The standard InChI is InChI=1S/C12H23NOS/c1-10(2)9-12(3,4)11(14)13-5-7-15-8-6-13/h10H,5-9H2,1-4H3. The smallest absolute Gasteiger partial charge is 0.228 e. The second-order valence-corrected chi connectivity index (χ2v) is 6.61. The first-order valence-electron chi connectivity index (χ1n) is 5.80. The van der Waals surface area contributed by atoms with Gasteiger partial charge >= 0.3 is 0 Å². The summed E-state index contributed by atoms with van der Waals surface area (Å²) in [5.41, 5.74) is -0.184. The van der Waals surface area contributed by atoms with Crippen LogP contribution in [0.2, 0.25) is 0 Å². The molecule has 0 saturated carbocycles. The molecule has 1 rings (SSSR count). The number of carbonyl (C=O) groups is 1. The van der Waals surface area contributed by atoms with Crippen molar-refractivity contribution in [2.75, 3.05) is 24.6 Å². The number of hydrogen-bond donors (Lipinski definition) is 0. The van der Waals surface area contributed by atoms with Crippen molar-refractivity contribution in [2.24, 2.45) is 11.3 Å². The van der Waals surface area contributed by atoms with Crippen LogP contribution in [0.4, 0.5) is 0 Å². The van der Waals surface area contributed by atoms with Gasteiger partial charge < -0.3 is 4.90 Å². The normalized spacial score (nSPS) is 18.3. The first kappa shape index (κ1) is 12.9. The highest BCUT2D eigenvalue weighted by Gasteiger charge is 2.32. The van der Waals surface area contributed by atoms with Crippen LogP contribution in [-0.2, 0) is 4.79 Å². The summed E-state index contributed by atoms with van der Waals surface area (Å²) >= 11 is 1.95. The zero-order valence-corrected chi connectivity index (χ0v) is 11.2. The fraction of sp³-hybridized carbons (Fsp3) is 0.917. The van der Waals surface area contributed by atoms with Gasteiger partial charge in [-0.25, -0.2) is 0 Å². The summed E-state index contributed by atoms with van der Waals surface area (Å²) in [4.78, 5) is 14.3. The molecule has 1 aliphatic rings. The molecule has 0 radical (unpaired) electrons. The maximum absolute atomic E-state index is 12.3. The van der Waals surface area contributed by atoms with Crippen LogP contribution in [0.25, 0.3) is 0 Å². The molecule has 1 amide bonds. The van der Waals surface area contributed by atoms with Gasteiger partial charge in [-0.3, -0.25) is 4.79 Å². The van der Waals surface area contributed by atoms with E-state index < -0.39 is 0 Å². The van der Waals surface area contributed by atoms with Crippen LogP contribution < -0.4 is 0 Å². The molecule has 2 nitrogen and oxygen atoms in total. The van der Waals surface area contributed by atoms with Crippen LogP contribution >= 0.6 is 11.8 Å². The third-order valence-electron chi connectivity index (χ3n) is 2.80. The van der Waals surface area contributed by atoms with Gasteiger partial charge in [-0.05, 0) is 12.3 Å². The molecule has 1 heterocycles. The number of carbonyl (C=O) groups excluding carboxylic acids is 1. The van der Waals surface area contributed by atoms with Gasteiger partial charge in [0, 0.05) is 30.0 Å². The van der Waals surface area contributed by atoms with Gasteiger partial charge in [0.15, 0.2) is 0 Å². The van der Waals surface area contributed by atoms with E-state index in [1.807, 2.05) is 16.7 Å². The maximum atomic E-state index is 12.3. The van der Waals surface area contributed by atoms with Gasteiger partial charge in [0.1, 0.15) is 0 Å². The quantitative estimate of drug-likeness (QED) is 0.741. The predicted octanol–water partition coefficient (Wildman–Crippen LogP) is 2.63. The fourth-order valence-electron chi connectivity index (χ4n) is 2.30. The number of hydrogen-bond acceptors (Lipinski definition) is 2. The summed E-state index contributed by atoms with van der Waals surface area (Å²) in [7, 11) is 0. The zero-order valence-electron chi connectivity index (χ0n) is 10.4. The van der Waals surface area contributed by atoms with E-state index in [9.17, 15) is 4.79 Å². The summed E-state index contributed by atoms with van der Waals surface area (Å²) in [6.45, 7) is 10.4. The highest BCUT2D eigenvalue weighted by Crippen LogP contribution is 2.28. The van der Waals surface area contributed by atoms with Crippen LogP contribution in [-0.4, -0.2) is 35.4 Å². The van der Waals surface area contributed by atoms with Gasteiger partial charge in [0.25, 0.3) is 0 Å². The summed E-state index contributed by atoms with van der Waals surface area (Å²) in [5.74, 6) is 3.13. The first-order valence-corrected chi connectivity index (χ1v) is 6.96. The van der Waals surface area contributed by atoms with Crippen molar-refractivity contribution in [3.05, 3.63) is 0 Å². The molecular weight excluding hydrogens is 206 g/mol. The molecule has 3 heteroatoms. The lowest BCUT2D eigenvalue weighted by molar-refractivity contribution is -0.140. The lowest BCUT2D eigenvalue weighted by atomic mass is 9.82. The van der Waals surface area contributed by atoms with E-state index in [2.05, 4.69) is 27.7 Å². The summed E-state index contributed by atoms with van der Waals surface area (Å²) < 4.78 is 0. The number of nitrogens with zero attached hydrogens (tertiary/aromatic N) is 1. The lowest BCUT2D eigenvalue weighted by Crippen LogP contribution is -2.45. The molecule has 0 N–H and O–H groups in total. The summed E-state index contributed by atoms with van der Waals surface area (Å²) in [5, 5.41) is 0. The van der Waals surface area contributed by atoms with Crippen LogP contribution in [0.15, 0.2) is 0 Å². The highest BCUT2D eigenvalue weighted by molar-refractivity contribution is 7.99. The first-order chi connectivity index (χ1) is 6.93. The van der Waals surface area contributed by atoms with Crippen molar-refractivity contribution in [2.45, 2.75) is 34.1 Å². The molecule has 0 aromatic heterocycles. The Hall–Kier alpha value is -0.180. The molecule has 1 fully saturated rings. The molecule has 15 heavy (non-hydrogen) atoms.